The number of aryl methyl sites for hydroxylation is 1. The van der Waals surface area contributed by atoms with E-state index < -0.39 is 0 Å². The lowest BCUT2D eigenvalue weighted by Gasteiger charge is -2.08. The maximum absolute atomic E-state index is 6.09. The van der Waals surface area contributed by atoms with E-state index in [1.54, 1.807) is 0 Å². The maximum atomic E-state index is 6.09. The van der Waals surface area contributed by atoms with Crippen LogP contribution in [0.25, 0.3) is 27.6 Å². The molecule has 0 aliphatic rings. The average molecular weight is 429 g/mol. The molecule has 160 valence electrons. The lowest BCUT2D eigenvalue weighted by Crippen LogP contribution is -2.04. The van der Waals surface area contributed by atoms with Gasteiger partial charge in [-0.15, -0.1) is 0 Å². The standard InChI is InChI=1S/C30H24N2O/c1-20-17-18-27-26(19-20)29-25(15-10-16-28(29)33-27)22(3)32-30(24-13-8-5-9-14-24)31-21(2)23-11-6-4-7-12-23/h4-19H,3H2,1-2H3. The van der Waals surface area contributed by atoms with E-state index in [4.69, 9.17) is 14.4 Å². The molecule has 0 radical (unpaired) electrons. The van der Waals surface area contributed by atoms with E-state index in [1.165, 1.54) is 5.56 Å². The third-order valence-electron chi connectivity index (χ3n) is 5.70. The van der Waals surface area contributed by atoms with Gasteiger partial charge in [0.15, 0.2) is 5.84 Å². The van der Waals surface area contributed by atoms with Gasteiger partial charge in [0.25, 0.3) is 0 Å². The molecule has 0 amide bonds. The Morgan fingerprint density at radius 1 is 0.727 bits per heavy atom. The molecular formula is C30H24N2O. The van der Waals surface area contributed by atoms with Gasteiger partial charge in [0.1, 0.15) is 11.2 Å². The molecule has 0 N–H and O–H groups in total. The topological polar surface area (TPSA) is 37.9 Å². The highest BCUT2D eigenvalue weighted by atomic mass is 16.3. The zero-order valence-corrected chi connectivity index (χ0v) is 18.7. The van der Waals surface area contributed by atoms with Crippen molar-refractivity contribution in [3.8, 4) is 0 Å². The molecule has 3 heteroatoms. The third kappa shape index (κ3) is 4.13. The van der Waals surface area contributed by atoms with E-state index in [2.05, 4.69) is 37.8 Å². The number of benzene rings is 4. The second-order valence-corrected chi connectivity index (χ2v) is 8.09. The molecule has 0 unspecified atom stereocenters. The first-order valence-electron chi connectivity index (χ1n) is 11.0. The Balaban J connectivity index is 1.66. The van der Waals surface area contributed by atoms with Gasteiger partial charge < -0.3 is 4.42 Å². The van der Waals surface area contributed by atoms with E-state index in [-0.39, 0.29) is 0 Å². The van der Waals surface area contributed by atoms with E-state index in [9.17, 15) is 0 Å². The molecule has 3 nitrogen and oxygen atoms in total. The molecular weight excluding hydrogens is 404 g/mol. The van der Waals surface area contributed by atoms with Gasteiger partial charge in [-0.2, -0.15) is 0 Å². The summed E-state index contributed by atoms with van der Waals surface area (Å²) in [6, 6.07) is 32.4. The van der Waals surface area contributed by atoms with Crippen molar-refractivity contribution in [1.29, 1.82) is 0 Å². The highest BCUT2D eigenvalue weighted by molar-refractivity contribution is 6.14. The zero-order valence-electron chi connectivity index (χ0n) is 18.7. The number of hydrogen-bond acceptors (Lipinski definition) is 2. The molecule has 0 atom stereocenters. The molecule has 4 aromatic carbocycles. The highest BCUT2D eigenvalue weighted by Gasteiger charge is 2.14. The van der Waals surface area contributed by atoms with Crippen LogP contribution in [-0.2, 0) is 0 Å². The fourth-order valence-electron chi connectivity index (χ4n) is 4.01. The molecule has 0 saturated carbocycles. The summed E-state index contributed by atoms with van der Waals surface area (Å²) in [4.78, 5) is 9.84. The van der Waals surface area contributed by atoms with Crippen LogP contribution >= 0.6 is 0 Å². The van der Waals surface area contributed by atoms with Crippen molar-refractivity contribution >= 4 is 39.2 Å². The van der Waals surface area contributed by atoms with Gasteiger partial charge in [-0.25, -0.2) is 9.98 Å². The summed E-state index contributed by atoms with van der Waals surface area (Å²) < 4.78 is 6.09. The van der Waals surface area contributed by atoms with Gasteiger partial charge in [-0.3, -0.25) is 0 Å². The third-order valence-corrected chi connectivity index (χ3v) is 5.70. The average Bonchev–Trinajstić information content (AvgIpc) is 3.22. The number of fused-ring (bicyclic) bond motifs is 3. The molecule has 0 aliphatic carbocycles. The molecule has 0 saturated heterocycles. The second-order valence-electron chi connectivity index (χ2n) is 8.09. The number of hydrogen-bond donors (Lipinski definition) is 0. The smallest absolute Gasteiger partial charge is 0.160 e. The maximum Gasteiger partial charge on any atom is 0.160 e. The number of nitrogens with zero attached hydrogens (tertiary/aromatic N) is 2. The summed E-state index contributed by atoms with van der Waals surface area (Å²) in [6.07, 6.45) is 0. The van der Waals surface area contributed by atoms with Crippen molar-refractivity contribution in [1.82, 2.24) is 0 Å². The largest absolute Gasteiger partial charge is 0.456 e. The zero-order chi connectivity index (χ0) is 22.8. The van der Waals surface area contributed by atoms with Crippen molar-refractivity contribution in [3.05, 3.63) is 126 Å². The Hall–Kier alpha value is -4.24. The Kier molecular flexibility index (Phi) is 5.45. The van der Waals surface area contributed by atoms with Crippen molar-refractivity contribution in [2.45, 2.75) is 13.8 Å². The van der Waals surface area contributed by atoms with Crippen molar-refractivity contribution in [3.63, 3.8) is 0 Å². The number of aliphatic imine (C=N–C) groups is 2. The predicted molar refractivity (Wildman–Crippen MR) is 139 cm³/mol. The van der Waals surface area contributed by atoms with Gasteiger partial charge in [0, 0.05) is 27.6 Å². The summed E-state index contributed by atoms with van der Waals surface area (Å²) >= 11 is 0. The number of rotatable bonds is 4. The molecule has 1 heterocycles. The van der Waals surface area contributed by atoms with Crippen LogP contribution in [0.3, 0.4) is 0 Å². The van der Waals surface area contributed by atoms with Crippen LogP contribution in [0.4, 0.5) is 0 Å². The van der Waals surface area contributed by atoms with Crippen molar-refractivity contribution < 1.29 is 4.42 Å². The monoisotopic (exact) mass is 428 g/mol. The lowest BCUT2D eigenvalue weighted by molar-refractivity contribution is 0.669. The van der Waals surface area contributed by atoms with Crippen LogP contribution in [0.2, 0.25) is 0 Å². The highest BCUT2D eigenvalue weighted by Crippen LogP contribution is 2.35. The first-order valence-corrected chi connectivity index (χ1v) is 11.0. The van der Waals surface area contributed by atoms with Crippen LogP contribution in [0, 0.1) is 6.92 Å². The fourth-order valence-corrected chi connectivity index (χ4v) is 4.01. The first kappa shape index (κ1) is 20.7. The Morgan fingerprint density at radius 3 is 2.15 bits per heavy atom. The molecule has 1 aromatic heterocycles. The van der Waals surface area contributed by atoms with Crippen molar-refractivity contribution in [2.75, 3.05) is 0 Å². The fraction of sp³-hybridized carbons (Fsp3) is 0.0667. The minimum Gasteiger partial charge on any atom is -0.456 e. The minimum atomic E-state index is 0.628. The van der Waals surface area contributed by atoms with Crippen molar-refractivity contribution in [2.24, 2.45) is 9.98 Å². The summed E-state index contributed by atoms with van der Waals surface area (Å²) in [5.74, 6) is 0.628. The first-order chi connectivity index (χ1) is 16.1. The van der Waals surface area contributed by atoms with Gasteiger partial charge in [0.2, 0.25) is 0 Å². The van der Waals surface area contributed by atoms with Crippen LogP contribution < -0.4 is 0 Å². The van der Waals surface area contributed by atoms with E-state index in [0.717, 1.165) is 44.3 Å². The van der Waals surface area contributed by atoms with Crippen LogP contribution in [-0.4, -0.2) is 11.5 Å². The van der Waals surface area contributed by atoms with Crippen LogP contribution in [0.1, 0.15) is 29.2 Å². The predicted octanol–water partition coefficient (Wildman–Crippen LogP) is 7.82. The normalized spacial score (nSPS) is 12.4. The minimum absolute atomic E-state index is 0.628. The van der Waals surface area contributed by atoms with E-state index in [0.29, 0.717) is 11.5 Å². The molecule has 0 spiro atoms. The molecule has 0 aliphatic heterocycles. The summed E-state index contributed by atoms with van der Waals surface area (Å²) in [5, 5.41) is 2.10. The van der Waals surface area contributed by atoms with Gasteiger partial charge in [-0.05, 0) is 37.6 Å². The summed E-state index contributed by atoms with van der Waals surface area (Å²) in [6.45, 7) is 8.42. The lowest BCUT2D eigenvalue weighted by atomic mass is 10.0. The Labute approximate surface area is 193 Å². The Morgan fingerprint density at radius 2 is 1.42 bits per heavy atom. The van der Waals surface area contributed by atoms with Gasteiger partial charge >= 0.3 is 0 Å². The molecule has 33 heavy (non-hydrogen) atoms. The summed E-state index contributed by atoms with van der Waals surface area (Å²) in [5.41, 5.74) is 7.36. The second kappa shape index (κ2) is 8.71. The van der Waals surface area contributed by atoms with E-state index >= 15 is 0 Å². The number of amidine groups is 1. The molecule has 0 bridgehead atoms. The van der Waals surface area contributed by atoms with Gasteiger partial charge in [-0.1, -0.05) is 91.0 Å². The molecule has 5 rings (SSSR count). The molecule has 0 fully saturated rings. The van der Waals surface area contributed by atoms with Crippen LogP contribution in [0.5, 0.6) is 0 Å². The Bertz CT molecular complexity index is 1520. The summed E-state index contributed by atoms with van der Waals surface area (Å²) in [7, 11) is 0. The molecule has 5 aromatic rings. The number of furan rings is 1. The quantitative estimate of drug-likeness (QED) is 0.212. The van der Waals surface area contributed by atoms with Crippen LogP contribution in [0.15, 0.2) is 118 Å². The SMILES string of the molecule is C=C(N=C(N=C(C)c1ccccc1)c1ccccc1)c1cccc2oc3ccc(C)cc3c12. The van der Waals surface area contributed by atoms with E-state index in [1.807, 2.05) is 79.7 Å². The van der Waals surface area contributed by atoms with Gasteiger partial charge in [0.05, 0.1) is 5.70 Å².